The van der Waals surface area contributed by atoms with Crippen molar-refractivity contribution < 1.29 is 27.1 Å². The van der Waals surface area contributed by atoms with Crippen LogP contribution in [0.4, 0.5) is 28.0 Å². The lowest BCUT2D eigenvalue weighted by Gasteiger charge is -2.42. The number of nitrogens with two attached hydrogens (primary N) is 1. The Labute approximate surface area is 140 Å². The molecule has 0 aliphatic carbocycles. The molecule has 1 aromatic rings. The minimum absolute atomic E-state index is 0.0555. The molecule has 2 aliphatic rings. The topological polar surface area (TPSA) is 80.0 Å². The summed E-state index contributed by atoms with van der Waals surface area (Å²) < 4.78 is 54.5. The average molecular weight is 360 g/mol. The number of carbonyl (C=O) groups excluding carboxylic acids is 1. The van der Waals surface area contributed by atoms with E-state index in [2.05, 4.69) is 15.0 Å². The number of fused-ring (bicyclic) bond motifs is 1. The Bertz CT molecular complexity index is 712. The second-order valence-corrected chi connectivity index (χ2v) is 5.97. The summed E-state index contributed by atoms with van der Waals surface area (Å²) in [6.45, 7) is -1.33. The number of hydrogen-bond donors (Lipinski definition) is 2. The van der Waals surface area contributed by atoms with Crippen molar-refractivity contribution in [2.75, 3.05) is 25.0 Å². The third kappa shape index (κ3) is 3.62. The van der Waals surface area contributed by atoms with Gasteiger partial charge in [0.25, 0.3) is 0 Å². The first-order valence-electron chi connectivity index (χ1n) is 7.60. The normalized spacial score (nSPS) is 19.0. The average Bonchev–Trinajstić information content (AvgIpc) is 2.52. The van der Waals surface area contributed by atoms with E-state index in [1.54, 1.807) is 6.07 Å². The van der Waals surface area contributed by atoms with Crippen LogP contribution in [0.1, 0.15) is 18.4 Å². The lowest BCUT2D eigenvalue weighted by Crippen LogP contribution is -2.52. The predicted octanol–water partition coefficient (Wildman–Crippen LogP) is 2.45. The molecule has 3 rings (SSSR count). The molecule has 1 spiro atoms. The van der Waals surface area contributed by atoms with Crippen LogP contribution in [0.15, 0.2) is 23.2 Å². The van der Waals surface area contributed by atoms with Crippen LogP contribution in [0.2, 0.25) is 0 Å². The summed E-state index contributed by atoms with van der Waals surface area (Å²) in [5.74, 6) is -0.436. The third-order valence-electron chi connectivity index (χ3n) is 4.18. The summed E-state index contributed by atoms with van der Waals surface area (Å²) in [4.78, 5) is 17.2. The van der Waals surface area contributed by atoms with Gasteiger partial charge in [-0.05, 0) is 12.1 Å². The molecule has 1 amide bonds. The van der Waals surface area contributed by atoms with Crippen LogP contribution in [-0.4, -0.2) is 48.4 Å². The number of amidine groups is 1. The molecule has 1 fully saturated rings. The van der Waals surface area contributed by atoms with Gasteiger partial charge in [-0.25, -0.2) is 14.2 Å². The maximum absolute atomic E-state index is 13.9. The number of likely N-dealkylation sites (tertiary alicyclic amines) is 1. The number of nitrogens with zero attached hydrogens (tertiary/aromatic N) is 2. The molecule has 10 heteroatoms. The minimum Gasteiger partial charge on any atom is -0.440 e. The van der Waals surface area contributed by atoms with Gasteiger partial charge in [-0.15, -0.1) is 0 Å². The molecule has 2 aliphatic heterocycles. The maximum atomic E-state index is 13.9. The predicted molar refractivity (Wildman–Crippen MR) is 81.7 cm³/mol. The van der Waals surface area contributed by atoms with Gasteiger partial charge in [0, 0.05) is 31.6 Å². The van der Waals surface area contributed by atoms with Crippen molar-refractivity contribution >= 4 is 17.6 Å². The fourth-order valence-electron chi connectivity index (χ4n) is 2.98. The second-order valence-electron chi connectivity index (χ2n) is 5.97. The van der Waals surface area contributed by atoms with Crippen molar-refractivity contribution in [3.63, 3.8) is 0 Å². The first-order chi connectivity index (χ1) is 11.7. The second kappa shape index (κ2) is 6.08. The van der Waals surface area contributed by atoms with Gasteiger partial charge < -0.3 is 20.7 Å². The van der Waals surface area contributed by atoms with Crippen molar-refractivity contribution in [2.24, 2.45) is 10.7 Å². The molecule has 25 heavy (non-hydrogen) atoms. The van der Waals surface area contributed by atoms with Crippen LogP contribution in [0.5, 0.6) is 0 Å². The van der Waals surface area contributed by atoms with Gasteiger partial charge in [0.1, 0.15) is 17.3 Å². The molecule has 0 unspecified atom stereocenters. The van der Waals surface area contributed by atoms with Crippen molar-refractivity contribution in [1.82, 2.24) is 4.90 Å². The van der Waals surface area contributed by atoms with E-state index in [1.165, 1.54) is 17.0 Å². The quantitative estimate of drug-likeness (QED) is 0.754. The maximum Gasteiger partial charge on any atom is 0.422 e. The highest BCUT2D eigenvalue weighted by molar-refractivity contribution is 6.04. The highest BCUT2D eigenvalue weighted by Crippen LogP contribution is 2.35. The van der Waals surface area contributed by atoms with Crippen LogP contribution in [0.3, 0.4) is 0 Å². The number of rotatable bonds is 1. The number of hydrogen-bond acceptors (Lipinski definition) is 5. The number of halogens is 4. The number of aliphatic imine (C=N–C) groups is 1. The van der Waals surface area contributed by atoms with Crippen LogP contribution in [-0.2, 0) is 4.74 Å². The fraction of sp³-hybridized carbons (Fsp3) is 0.467. The standard InChI is InChI=1S/C15H16F4N4O2/c16-9-2-1-3-10-11(9)12(20)22-14(21-10)4-6-23(7-5-14)13(24)25-8-15(17,18)19/h1-3,21H,4-8H2,(H2,20,22). The summed E-state index contributed by atoms with van der Waals surface area (Å²) in [6, 6.07) is 4.49. The Morgan fingerprint density at radius 3 is 2.68 bits per heavy atom. The summed E-state index contributed by atoms with van der Waals surface area (Å²) in [5, 5.41) is 3.13. The molecule has 0 radical (unpaired) electrons. The number of nitrogens with one attached hydrogen (secondary N) is 1. The van der Waals surface area contributed by atoms with E-state index in [4.69, 9.17) is 5.73 Å². The van der Waals surface area contributed by atoms with E-state index in [9.17, 15) is 22.4 Å². The summed E-state index contributed by atoms with van der Waals surface area (Å²) >= 11 is 0. The van der Waals surface area contributed by atoms with Crippen molar-refractivity contribution in [3.05, 3.63) is 29.6 Å². The molecule has 2 heterocycles. The number of piperidine rings is 1. The van der Waals surface area contributed by atoms with E-state index < -0.39 is 30.4 Å². The number of ether oxygens (including phenoxy) is 1. The Kier molecular flexibility index (Phi) is 4.21. The van der Waals surface area contributed by atoms with Crippen LogP contribution in [0.25, 0.3) is 0 Å². The van der Waals surface area contributed by atoms with Crippen LogP contribution in [0, 0.1) is 5.82 Å². The molecule has 0 aromatic heterocycles. The number of anilines is 1. The first-order valence-corrected chi connectivity index (χ1v) is 7.60. The largest absolute Gasteiger partial charge is 0.440 e. The van der Waals surface area contributed by atoms with Gasteiger partial charge in [0.05, 0.1) is 5.56 Å². The SMILES string of the molecule is NC1=NC2(CCN(C(=O)OCC(F)(F)F)CC2)Nc2cccc(F)c21. The molecule has 136 valence electrons. The van der Waals surface area contributed by atoms with E-state index in [0.29, 0.717) is 18.5 Å². The van der Waals surface area contributed by atoms with Gasteiger partial charge in [-0.2, -0.15) is 13.2 Å². The highest BCUT2D eigenvalue weighted by atomic mass is 19.4. The molecule has 0 atom stereocenters. The molecule has 3 N–H and O–H groups in total. The van der Waals surface area contributed by atoms with Gasteiger partial charge >= 0.3 is 12.3 Å². The van der Waals surface area contributed by atoms with Gasteiger partial charge in [0.2, 0.25) is 0 Å². The summed E-state index contributed by atoms with van der Waals surface area (Å²) in [5.41, 5.74) is 5.76. The lowest BCUT2D eigenvalue weighted by molar-refractivity contribution is -0.162. The van der Waals surface area contributed by atoms with E-state index in [-0.39, 0.29) is 24.5 Å². The molecule has 1 aromatic carbocycles. The van der Waals surface area contributed by atoms with Crippen molar-refractivity contribution in [3.8, 4) is 0 Å². The third-order valence-corrected chi connectivity index (χ3v) is 4.18. The van der Waals surface area contributed by atoms with Crippen molar-refractivity contribution in [2.45, 2.75) is 24.7 Å². The number of benzene rings is 1. The monoisotopic (exact) mass is 360 g/mol. The summed E-state index contributed by atoms with van der Waals surface area (Å²) in [7, 11) is 0. The Morgan fingerprint density at radius 1 is 1.36 bits per heavy atom. The molecule has 6 nitrogen and oxygen atoms in total. The zero-order valence-electron chi connectivity index (χ0n) is 13.1. The molecule has 1 saturated heterocycles. The van der Waals surface area contributed by atoms with Crippen molar-refractivity contribution in [1.29, 1.82) is 0 Å². The fourth-order valence-corrected chi connectivity index (χ4v) is 2.98. The van der Waals surface area contributed by atoms with Gasteiger partial charge in [0.15, 0.2) is 6.61 Å². The van der Waals surface area contributed by atoms with Crippen LogP contribution < -0.4 is 11.1 Å². The van der Waals surface area contributed by atoms with Gasteiger partial charge in [-0.1, -0.05) is 6.07 Å². The van der Waals surface area contributed by atoms with E-state index >= 15 is 0 Å². The molecular weight excluding hydrogens is 344 g/mol. The zero-order chi connectivity index (χ0) is 18.2. The Hall–Kier alpha value is -2.52. The van der Waals surface area contributed by atoms with E-state index in [1.807, 2.05) is 0 Å². The van der Waals surface area contributed by atoms with Gasteiger partial charge in [-0.3, -0.25) is 0 Å². The Morgan fingerprint density at radius 2 is 2.04 bits per heavy atom. The first kappa shape index (κ1) is 17.3. The zero-order valence-corrected chi connectivity index (χ0v) is 13.1. The lowest BCUT2D eigenvalue weighted by atomic mass is 9.94. The van der Waals surface area contributed by atoms with E-state index in [0.717, 1.165) is 0 Å². The molecule has 0 saturated carbocycles. The number of carbonyl (C=O) groups is 1. The number of alkyl halides is 3. The van der Waals surface area contributed by atoms with Crippen LogP contribution >= 0.6 is 0 Å². The smallest absolute Gasteiger partial charge is 0.422 e. The molecular formula is C15H16F4N4O2. The minimum atomic E-state index is -4.57. The Balaban J connectivity index is 1.67. The highest BCUT2D eigenvalue weighted by Gasteiger charge is 2.40. The summed E-state index contributed by atoms with van der Waals surface area (Å²) in [6.07, 6.45) is -4.97. The number of amides is 1. The molecule has 0 bridgehead atoms.